The van der Waals surface area contributed by atoms with Gasteiger partial charge in [-0.25, -0.2) is 24.2 Å². The Morgan fingerprint density at radius 1 is 1.25 bits per heavy atom. The first kappa shape index (κ1) is 24.0. The molecule has 0 radical (unpaired) electrons. The number of carboxylic acids is 2. The Kier molecular flexibility index (Phi) is 7.38. The molecular weight excluding hydrogens is 451 g/mol. The first-order chi connectivity index (χ1) is 15.1. The number of hydrogen-bond acceptors (Lipinski definition) is 10. The number of hydrogen-bond donors (Lipinski definition) is 5. The van der Waals surface area contributed by atoms with Crippen molar-refractivity contribution in [3.05, 3.63) is 12.7 Å². The first-order valence-corrected chi connectivity index (χ1v) is 11.0. The smallest absolute Gasteiger partial charge is 0.405 e. The monoisotopic (exact) mass is 474 g/mol. The minimum absolute atomic E-state index is 0.112. The lowest BCUT2D eigenvalue weighted by Crippen LogP contribution is -2.31. The molecule has 2 aromatic heterocycles. The summed E-state index contributed by atoms with van der Waals surface area (Å²) >= 11 is 0. The van der Waals surface area contributed by atoms with Gasteiger partial charge in [-0.1, -0.05) is 0 Å². The summed E-state index contributed by atoms with van der Waals surface area (Å²) in [7, 11) is -4.56. The molecule has 1 aliphatic rings. The number of nitrogens with two attached hydrogens (primary N) is 1. The van der Waals surface area contributed by atoms with Crippen molar-refractivity contribution in [2.45, 2.75) is 37.7 Å². The van der Waals surface area contributed by atoms with Crippen LogP contribution in [0.25, 0.3) is 11.2 Å². The van der Waals surface area contributed by atoms with Crippen LogP contribution in [0.2, 0.25) is 0 Å². The summed E-state index contributed by atoms with van der Waals surface area (Å²) in [4.78, 5) is 44.0. The lowest BCUT2D eigenvalue weighted by molar-refractivity contribution is -0.137. The second kappa shape index (κ2) is 9.85. The fourth-order valence-corrected chi connectivity index (χ4v) is 4.39. The summed E-state index contributed by atoms with van der Waals surface area (Å²) in [5.41, 5.74) is 6.50. The molecule has 16 heteroatoms. The molecular formula is C16H23N6O9P. The van der Waals surface area contributed by atoms with E-state index in [1.807, 2.05) is 0 Å². The van der Waals surface area contributed by atoms with Crippen LogP contribution in [-0.2, 0) is 23.4 Å². The molecule has 4 atom stereocenters. The van der Waals surface area contributed by atoms with Crippen molar-refractivity contribution in [3.8, 4) is 0 Å². The van der Waals surface area contributed by atoms with Crippen LogP contribution >= 0.6 is 7.75 Å². The van der Waals surface area contributed by atoms with E-state index in [0.717, 1.165) is 4.67 Å². The minimum atomic E-state index is -4.56. The van der Waals surface area contributed by atoms with Crippen molar-refractivity contribution < 1.29 is 43.6 Å². The predicted molar refractivity (Wildman–Crippen MR) is 106 cm³/mol. The quantitative estimate of drug-likeness (QED) is 0.257. The largest absolute Gasteiger partial charge is 0.481 e. The third kappa shape index (κ3) is 5.56. The maximum absolute atomic E-state index is 12.6. The number of fused-ring (bicyclic) bond motifs is 1. The lowest BCUT2D eigenvalue weighted by atomic mass is 10.2. The second-order valence-electron chi connectivity index (χ2n) is 7.04. The van der Waals surface area contributed by atoms with Crippen LogP contribution in [0.5, 0.6) is 0 Å². The molecule has 1 fully saturated rings. The Morgan fingerprint density at radius 3 is 2.53 bits per heavy atom. The van der Waals surface area contributed by atoms with Gasteiger partial charge in [0.1, 0.15) is 24.2 Å². The molecule has 6 N–H and O–H groups in total. The van der Waals surface area contributed by atoms with E-state index in [9.17, 15) is 24.2 Å². The number of carbonyl (C=O) groups is 2. The Bertz CT molecular complexity index is 1010. The number of ether oxygens (including phenoxy) is 1. The van der Waals surface area contributed by atoms with E-state index in [2.05, 4.69) is 15.0 Å². The molecule has 1 aliphatic heterocycles. The number of aliphatic carboxylic acids is 2. The SMILES string of the molecule is Nc1ncnc2c1ncn2[C@H]1C[C@H](O)[C@@H](COP(=O)(O)N(CCC(=O)O)CCC(=O)O)O1. The third-order valence-electron chi connectivity index (χ3n) is 4.83. The highest BCUT2D eigenvalue weighted by atomic mass is 31.2. The Morgan fingerprint density at radius 2 is 1.91 bits per heavy atom. The van der Waals surface area contributed by atoms with Crippen molar-refractivity contribution in [1.82, 2.24) is 24.2 Å². The molecule has 32 heavy (non-hydrogen) atoms. The Balaban J connectivity index is 1.65. The van der Waals surface area contributed by atoms with Gasteiger partial charge in [-0.3, -0.25) is 18.7 Å². The standard InChI is InChI=1S/C16H23N6O9P/c17-15-14-16(19-7-18-15)22(8-20-14)11-5-9(23)10(31-11)6-30-32(28,29)21(3-1-12(24)25)4-2-13(26)27/h7-11,23H,1-6H2,(H,24,25)(H,26,27)(H,28,29)(H2,17,18,19)/t9-,10+,11+/m0/s1. The summed E-state index contributed by atoms with van der Waals surface area (Å²) in [6.45, 7) is -1.28. The van der Waals surface area contributed by atoms with E-state index >= 15 is 0 Å². The number of anilines is 1. The van der Waals surface area contributed by atoms with Crippen molar-refractivity contribution in [3.63, 3.8) is 0 Å². The molecule has 0 amide bonds. The molecule has 3 rings (SSSR count). The van der Waals surface area contributed by atoms with E-state index in [1.165, 1.54) is 12.7 Å². The van der Waals surface area contributed by atoms with Gasteiger partial charge in [-0.2, -0.15) is 0 Å². The normalized spacial score (nSPS) is 22.9. The molecule has 0 aliphatic carbocycles. The van der Waals surface area contributed by atoms with Crippen LogP contribution in [-0.4, -0.2) is 88.2 Å². The summed E-state index contributed by atoms with van der Waals surface area (Å²) in [6, 6.07) is 0. The fraction of sp³-hybridized carbons (Fsp3) is 0.562. The number of carboxylic acid groups (broad SMARTS) is 2. The molecule has 2 aromatic rings. The van der Waals surface area contributed by atoms with Gasteiger partial charge in [0, 0.05) is 19.5 Å². The average molecular weight is 474 g/mol. The maximum Gasteiger partial charge on any atom is 0.405 e. The predicted octanol–water partition coefficient (Wildman–Crippen LogP) is -0.575. The van der Waals surface area contributed by atoms with Crippen LogP contribution < -0.4 is 5.73 Å². The average Bonchev–Trinajstić information content (AvgIpc) is 3.30. The number of aliphatic hydroxyl groups is 1. The van der Waals surface area contributed by atoms with Crippen LogP contribution in [0.4, 0.5) is 5.82 Å². The first-order valence-electron chi connectivity index (χ1n) is 9.51. The number of nitrogens with zero attached hydrogens (tertiary/aromatic N) is 5. The maximum atomic E-state index is 12.6. The van der Waals surface area contributed by atoms with E-state index in [4.69, 9.17) is 25.2 Å². The van der Waals surface area contributed by atoms with Crippen LogP contribution in [0.3, 0.4) is 0 Å². The van der Waals surface area contributed by atoms with Gasteiger partial charge >= 0.3 is 19.7 Å². The molecule has 1 saturated heterocycles. The van der Waals surface area contributed by atoms with Crippen molar-refractivity contribution in [1.29, 1.82) is 0 Å². The summed E-state index contributed by atoms with van der Waals surface area (Å²) in [5, 5.41) is 28.0. The van der Waals surface area contributed by atoms with Gasteiger partial charge in [-0.05, 0) is 0 Å². The van der Waals surface area contributed by atoms with Crippen molar-refractivity contribution >= 4 is 36.7 Å². The molecule has 0 saturated carbocycles. The highest BCUT2D eigenvalue weighted by molar-refractivity contribution is 7.50. The zero-order valence-electron chi connectivity index (χ0n) is 16.7. The zero-order chi connectivity index (χ0) is 23.5. The number of aromatic nitrogens is 4. The van der Waals surface area contributed by atoms with Crippen LogP contribution in [0, 0.1) is 0 Å². The number of rotatable bonds is 11. The minimum Gasteiger partial charge on any atom is -0.481 e. The third-order valence-corrected chi connectivity index (χ3v) is 6.43. The molecule has 15 nitrogen and oxygen atoms in total. The lowest BCUT2D eigenvalue weighted by Gasteiger charge is -2.26. The highest BCUT2D eigenvalue weighted by Crippen LogP contribution is 2.47. The Hall–Kier alpha value is -2.68. The van der Waals surface area contributed by atoms with Gasteiger partial charge < -0.3 is 30.7 Å². The Labute approximate surface area is 181 Å². The van der Waals surface area contributed by atoms with E-state index in [-0.39, 0.29) is 12.2 Å². The number of aliphatic hydroxyl groups excluding tert-OH is 1. The molecule has 1 unspecified atom stereocenters. The van der Waals surface area contributed by atoms with Gasteiger partial charge in [0.15, 0.2) is 11.5 Å². The summed E-state index contributed by atoms with van der Waals surface area (Å²) in [6.07, 6.45) is -0.930. The second-order valence-corrected chi connectivity index (χ2v) is 8.85. The molecule has 0 spiro atoms. The van der Waals surface area contributed by atoms with Crippen LogP contribution in [0.15, 0.2) is 12.7 Å². The molecule has 3 heterocycles. The highest BCUT2D eigenvalue weighted by Gasteiger charge is 2.39. The molecule has 176 valence electrons. The molecule has 0 aromatic carbocycles. The van der Waals surface area contributed by atoms with Gasteiger partial charge in [-0.15, -0.1) is 0 Å². The van der Waals surface area contributed by atoms with E-state index in [0.29, 0.717) is 11.2 Å². The summed E-state index contributed by atoms with van der Waals surface area (Å²) < 4.78 is 25.7. The van der Waals surface area contributed by atoms with Gasteiger partial charge in [0.25, 0.3) is 0 Å². The van der Waals surface area contributed by atoms with Gasteiger partial charge in [0.05, 0.1) is 31.9 Å². The summed E-state index contributed by atoms with van der Waals surface area (Å²) in [5.74, 6) is -2.27. The zero-order valence-corrected chi connectivity index (χ0v) is 17.6. The van der Waals surface area contributed by atoms with E-state index in [1.54, 1.807) is 4.57 Å². The van der Waals surface area contributed by atoms with Crippen molar-refractivity contribution in [2.24, 2.45) is 0 Å². The van der Waals surface area contributed by atoms with E-state index < -0.39 is 70.7 Å². The van der Waals surface area contributed by atoms with Crippen molar-refractivity contribution in [2.75, 3.05) is 25.4 Å². The van der Waals surface area contributed by atoms with Gasteiger partial charge in [0.2, 0.25) is 0 Å². The van der Waals surface area contributed by atoms with Crippen LogP contribution in [0.1, 0.15) is 25.5 Å². The fourth-order valence-electron chi connectivity index (χ4n) is 3.18. The molecule has 0 bridgehead atoms. The number of imidazole rings is 1. The number of nitrogen functional groups attached to an aromatic ring is 1. The topological polar surface area (TPSA) is 223 Å².